The van der Waals surface area contributed by atoms with Gasteiger partial charge in [0.05, 0.1) is 11.7 Å². The lowest BCUT2D eigenvalue weighted by atomic mass is 10.0. The number of hydrogen-bond acceptors (Lipinski definition) is 2. The molecule has 2 rings (SSSR count). The van der Waals surface area contributed by atoms with E-state index in [0.717, 1.165) is 17.3 Å². The minimum atomic E-state index is 0.146. The molecule has 3 heteroatoms. The van der Waals surface area contributed by atoms with E-state index in [9.17, 15) is 0 Å². The van der Waals surface area contributed by atoms with Crippen LogP contribution in [0.5, 0.6) is 0 Å². The molecule has 0 fully saturated rings. The average Bonchev–Trinajstić information content (AvgIpc) is 2.29. The van der Waals surface area contributed by atoms with E-state index < -0.39 is 0 Å². The molecule has 1 heterocycles. The van der Waals surface area contributed by atoms with Gasteiger partial charge >= 0.3 is 0 Å². The summed E-state index contributed by atoms with van der Waals surface area (Å²) in [5, 5.41) is 9.42. The number of rotatable bonds is 3. The molecule has 0 aliphatic carbocycles. The molecule has 0 saturated heterocycles. The molecule has 1 aromatic carbocycles. The number of alkyl halides is 1. The lowest BCUT2D eigenvalue weighted by Gasteiger charge is -2.13. The van der Waals surface area contributed by atoms with Gasteiger partial charge in [0.1, 0.15) is 0 Å². The van der Waals surface area contributed by atoms with Crippen LogP contribution in [0.3, 0.4) is 0 Å². The van der Waals surface area contributed by atoms with Gasteiger partial charge in [-0.05, 0) is 24.0 Å². The Kier molecular flexibility index (Phi) is 3.39. The minimum Gasteiger partial charge on any atom is -0.158 e. The second-order valence-electron chi connectivity index (χ2n) is 4.35. The molecule has 0 amide bonds. The van der Waals surface area contributed by atoms with Gasteiger partial charge < -0.3 is 0 Å². The van der Waals surface area contributed by atoms with Crippen LogP contribution >= 0.6 is 11.6 Å². The second kappa shape index (κ2) is 4.79. The number of halogens is 1. The summed E-state index contributed by atoms with van der Waals surface area (Å²) in [6.45, 7) is 4.27. The van der Waals surface area contributed by atoms with E-state index in [1.54, 1.807) is 0 Å². The van der Waals surface area contributed by atoms with Gasteiger partial charge in [0, 0.05) is 10.8 Å². The minimum absolute atomic E-state index is 0.146. The Morgan fingerprint density at radius 2 is 2.00 bits per heavy atom. The molecule has 0 saturated carbocycles. The molecule has 0 N–H and O–H groups in total. The van der Waals surface area contributed by atoms with Crippen LogP contribution in [-0.4, -0.2) is 15.6 Å². The van der Waals surface area contributed by atoms with Crippen LogP contribution in [0.15, 0.2) is 30.5 Å². The number of fused-ring (bicyclic) bond motifs is 1. The van der Waals surface area contributed by atoms with E-state index in [1.165, 1.54) is 5.56 Å². The zero-order valence-corrected chi connectivity index (χ0v) is 10.3. The van der Waals surface area contributed by atoms with Crippen LogP contribution in [0.1, 0.15) is 19.4 Å². The Balaban J connectivity index is 2.37. The molecule has 2 aromatic rings. The molecule has 0 aliphatic heterocycles. The van der Waals surface area contributed by atoms with Crippen molar-refractivity contribution in [3.63, 3.8) is 0 Å². The molecule has 84 valence electrons. The molecule has 0 bridgehead atoms. The monoisotopic (exact) mass is 234 g/mol. The van der Waals surface area contributed by atoms with Crippen molar-refractivity contribution in [1.29, 1.82) is 0 Å². The summed E-state index contributed by atoms with van der Waals surface area (Å²) in [7, 11) is 0. The van der Waals surface area contributed by atoms with Crippen LogP contribution in [0, 0.1) is 5.92 Å². The third kappa shape index (κ3) is 2.33. The van der Waals surface area contributed by atoms with Gasteiger partial charge in [-0.25, -0.2) is 0 Å². The normalized spacial score (nSPS) is 13.2. The maximum absolute atomic E-state index is 6.30. The van der Waals surface area contributed by atoms with E-state index in [4.69, 9.17) is 11.6 Å². The van der Waals surface area contributed by atoms with Crippen molar-refractivity contribution in [1.82, 2.24) is 10.2 Å². The Hall–Kier alpha value is -1.15. The van der Waals surface area contributed by atoms with Crippen LogP contribution in [0.2, 0.25) is 0 Å². The fraction of sp³-hybridized carbons (Fsp3) is 0.385. The topological polar surface area (TPSA) is 25.8 Å². The summed E-state index contributed by atoms with van der Waals surface area (Å²) in [6.07, 6.45) is 2.66. The van der Waals surface area contributed by atoms with Crippen molar-refractivity contribution in [3.8, 4) is 0 Å². The van der Waals surface area contributed by atoms with E-state index >= 15 is 0 Å². The predicted molar refractivity (Wildman–Crippen MR) is 67.7 cm³/mol. The summed E-state index contributed by atoms with van der Waals surface area (Å²) in [5.74, 6) is 0.466. The van der Waals surface area contributed by atoms with Gasteiger partial charge in [-0.2, -0.15) is 10.2 Å². The molecule has 0 aliphatic rings. The maximum atomic E-state index is 6.30. The van der Waals surface area contributed by atoms with Gasteiger partial charge in [0.15, 0.2) is 0 Å². The SMILES string of the molecule is CC(C)C(Cl)Cc1cnnc2ccccc12. The smallest absolute Gasteiger partial charge is 0.0932 e. The Bertz CT molecular complexity index is 477. The highest BCUT2D eigenvalue weighted by molar-refractivity contribution is 6.21. The highest BCUT2D eigenvalue weighted by atomic mass is 35.5. The zero-order chi connectivity index (χ0) is 11.5. The van der Waals surface area contributed by atoms with Gasteiger partial charge in [-0.15, -0.1) is 11.6 Å². The molecule has 16 heavy (non-hydrogen) atoms. The highest BCUT2D eigenvalue weighted by Gasteiger charge is 2.12. The van der Waals surface area contributed by atoms with Crippen molar-refractivity contribution in [2.45, 2.75) is 25.6 Å². The summed E-state index contributed by atoms with van der Waals surface area (Å²) in [5.41, 5.74) is 2.12. The molecule has 0 spiro atoms. The van der Waals surface area contributed by atoms with Gasteiger partial charge in [-0.1, -0.05) is 32.0 Å². The van der Waals surface area contributed by atoms with Crippen LogP contribution < -0.4 is 0 Å². The lowest BCUT2D eigenvalue weighted by Crippen LogP contribution is -2.11. The van der Waals surface area contributed by atoms with Crippen molar-refractivity contribution < 1.29 is 0 Å². The molecule has 1 aromatic heterocycles. The summed E-state index contributed by atoms with van der Waals surface area (Å²) in [6, 6.07) is 8.04. The Morgan fingerprint density at radius 3 is 2.75 bits per heavy atom. The first-order valence-electron chi connectivity index (χ1n) is 5.52. The van der Waals surface area contributed by atoms with E-state index in [2.05, 4.69) is 30.1 Å². The molecule has 1 unspecified atom stereocenters. The van der Waals surface area contributed by atoms with Gasteiger partial charge in [0.25, 0.3) is 0 Å². The molecule has 1 atom stereocenters. The zero-order valence-electron chi connectivity index (χ0n) is 9.52. The molecular weight excluding hydrogens is 220 g/mol. The summed E-state index contributed by atoms with van der Waals surface area (Å²) in [4.78, 5) is 0. The van der Waals surface area contributed by atoms with Crippen LogP contribution in [0.4, 0.5) is 0 Å². The average molecular weight is 235 g/mol. The first kappa shape index (κ1) is 11.3. The van der Waals surface area contributed by atoms with Crippen molar-refractivity contribution in [3.05, 3.63) is 36.0 Å². The van der Waals surface area contributed by atoms with Crippen molar-refractivity contribution in [2.75, 3.05) is 0 Å². The largest absolute Gasteiger partial charge is 0.158 e. The third-order valence-corrected chi connectivity index (χ3v) is 3.43. The quantitative estimate of drug-likeness (QED) is 0.761. The molecule has 0 radical (unpaired) electrons. The standard InChI is InChI=1S/C13H15ClN2/c1-9(2)12(14)7-10-8-15-16-13-6-4-3-5-11(10)13/h3-6,8-9,12H,7H2,1-2H3. The highest BCUT2D eigenvalue weighted by Crippen LogP contribution is 2.21. The lowest BCUT2D eigenvalue weighted by molar-refractivity contribution is 0.596. The van der Waals surface area contributed by atoms with E-state index in [0.29, 0.717) is 5.92 Å². The number of aromatic nitrogens is 2. The fourth-order valence-electron chi connectivity index (χ4n) is 1.67. The second-order valence-corrected chi connectivity index (χ2v) is 4.91. The van der Waals surface area contributed by atoms with Crippen LogP contribution in [-0.2, 0) is 6.42 Å². The summed E-state index contributed by atoms with van der Waals surface area (Å²) < 4.78 is 0. The van der Waals surface area contributed by atoms with E-state index in [-0.39, 0.29) is 5.38 Å². The molecule has 2 nitrogen and oxygen atoms in total. The maximum Gasteiger partial charge on any atom is 0.0932 e. The first-order chi connectivity index (χ1) is 7.68. The van der Waals surface area contributed by atoms with Gasteiger partial charge in [-0.3, -0.25) is 0 Å². The number of nitrogens with zero attached hydrogens (tertiary/aromatic N) is 2. The Labute approximate surface area is 101 Å². The number of hydrogen-bond donors (Lipinski definition) is 0. The fourth-order valence-corrected chi connectivity index (χ4v) is 1.84. The summed E-state index contributed by atoms with van der Waals surface area (Å²) >= 11 is 6.30. The Morgan fingerprint density at radius 1 is 1.25 bits per heavy atom. The molecular formula is C13H15ClN2. The van der Waals surface area contributed by atoms with Crippen molar-refractivity contribution in [2.24, 2.45) is 5.92 Å². The predicted octanol–water partition coefficient (Wildman–Crippen LogP) is 3.44. The van der Waals surface area contributed by atoms with Crippen molar-refractivity contribution >= 4 is 22.5 Å². The van der Waals surface area contributed by atoms with E-state index in [1.807, 2.05) is 24.4 Å². The first-order valence-corrected chi connectivity index (χ1v) is 5.95. The van der Waals surface area contributed by atoms with Crippen LogP contribution in [0.25, 0.3) is 10.9 Å². The van der Waals surface area contributed by atoms with Gasteiger partial charge in [0.2, 0.25) is 0 Å². The number of benzene rings is 1. The third-order valence-electron chi connectivity index (χ3n) is 2.77.